The fourth-order valence-corrected chi connectivity index (χ4v) is 1.19. The summed E-state index contributed by atoms with van der Waals surface area (Å²) in [6, 6.07) is 5.39. The molecule has 0 aliphatic rings. The Kier molecular flexibility index (Phi) is 3.53. The van der Waals surface area contributed by atoms with Crippen molar-refractivity contribution in [3.63, 3.8) is 0 Å². The van der Waals surface area contributed by atoms with Crippen LogP contribution in [-0.4, -0.2) is 22.2 Å². The Hall–Kier alpha value is -1.49. The largest absolute Gasteiger partial charge is 0.508 e. The normalized spacial score (nSPS) is 12.0. The molecule has 4 nitrogen and oxygen atoms in total. The molecule has 0 saturated heterocycles. The zero-order valence-electron chi connectivity index (χ0n) is 7.25. The van der Waals surface area contributed by atoms with Gasteiger partial charge in [0.2, 0.25) is 0 Å². The molecule has 0 spiro atoms. The average Bonchev–Trinajstić information content (AvgIpc) is 2.16. The first-order chi connectivity index (χ1) is 6.63. The molecule has 0 heterocycles. The topological polar surface area (TPSA) is 69.9 Å². The van der Waals surface area contributed by atoms with E-state index in [1.807, 2.05) is 0 Å². The summed E-state index contributed by atoms with van der Waals surface area (Å²) >= 11 is 4.37. The van der Waals surface area contributed by atoms with Crippen molar-refractivity contribution in [2.24, 2.45) is 4.36 Å². The van der Waals surface area contributed by atoms with Gasteiger partial charge < -0.3 is 10.2 Å². The Bertz CT molecular complexity index is 336. The number of phenols is 1. The first kappa shape index (κ1) is 10.6. The van der Waals surface area contributed by atoms with Crippen LogP contribution in [-0.2, 0) is 23.6 Å². The van der Waals surface area contributed by atoms with Gasteiger partial charge in [-0.15, -0.1) is 0 Å². The number of aromatic hydroxyl groups is 1. The number of rotatable bonds is 4. The second-order valence-corrected chi connectivity index (χ2v) is 3.04. The minimum atomic E-state index is -1.03. The number of hydrogen-bond acceptors (Lipinski definition) is 4. The molecule has 0 aliphatic carbocycles. The lowest BCUT2D eigenvalue weighted by atomic mass is 10.1. The molecule has 0 amide bonds. The van der Waals surface area contributed by atoms with Crippen LogP contribution in [0.3, 0.4) is 0 Å². The van der Waals surface area contributed by atoms with E-state index in [1.54, 1.807) is 12.1 Å². The highest BCUT2D eigenvalue weighted by molar-refractivity contribution is 7.47. The number of aliphatic carboxylic acids is 1. The highest BCUT2D eigenvalue weighted by Crippen LogP contribution is 2.12. The van der Waals surface area contributed by atoms with Crippen LogP contribution in [0.15, 0.2) is 28.6 Å². The quantitative estimate of drug-likeness (QED) is 0.783. The molecular weight excluding hydrogens is 202 g/mol. The van der Waals surface area contributed by atoms with Crippen LogP contribution in [0.4, 0.5) is 0 Å². The van der Waals surface area contributed by atoms with Gasteiger partial charge in [-0.05, 0) is 17.7 Å². The Morgan fingerprint density at radius 1 is 1.43 bits per heavy atom. The summed E-state index contributed by atoms with van der Waals surface area (Å²) in [6.07, 6.45) is 0.249. The van der Waals surface area contributed by atoms with Crippen LogP contribution in [0.2, 0.25) is 0 Å². The molecule has 0 saturated carbocycles. The lowest BCUT2D eigenvalue weighted by Gasteiger charge is -2.05. The summed E-state index contributed by atoms with van der Waals surface area (Å²) < 4.78 is 3.33. The second kappa shape index (κ2) is 4.66. The van der Waals surface area contributed by atoms with Gasteiger partial charge in [-0.2, -0.15) is 0 Å². The van der Waals surface area contributed by atoms with Crippen molar-refractivity contribution >= 4 is 18.4 Å². The predicted molar refractivity (Wildman–Crippen MR) is 53.0 cm³/mol. The van der Waals surface area contributed by atoms with E-state index in [2.05, 4.69) is 16.8 Å². The third kappa shape index (κ3) is 2.77. The summed E-state index contributed by atoms with van der Waals surface area (Å²) in [7, 11) is 0. The minimum absolute atomic E-state index is 0.149. The van der Waals surface area contributed by atoms with Crippen LogP contribution in [0.5, 0.6) is 5.75 Å². The second-order valence-electron chi connectivity index (χ2n) is 2.83. The molecule has 5 heteroatoms. The molecule has 0 aliphatic heterocycles. The van der Waals surface area contributed by atoms with Crippen molar-refractivity contribution in [2.75, 3.05) is 0 Å². The SMILES string of the molecule is O=C(O)C(Cc1ccc(O)cc1)N=S. The molecule has 0 aromatic heterocycles. The van der Waals surface area contributed by atoms with E-state index in [0.29, 0.717) is 0 Å². The maximum absolute atomic E-state index is 10.6. The van der Waals surface area contributed by atoms with Crippen molar-refractivity contribution in [3.8, 4) is 5.75 Å². The highest BCUT2D eigenvalue weighted by Gasteiger charge is 2.15. The van der Waals surface area contributed by atoms with E-state index in [0.717, 1.165) is 5.56 Å². The van der Waals surface area contributed by atoms with Gasteiger partial charge in [0, 0.05) is 18.8 Å². The lowest BCUT2D eigenvalue weighted by Crippen LogP contribution is -2.19. The van der Waals surface area contributed by atoms with E-state index in [-0.39, 0.29) is 12.2 Å². The van der Waals surface area contributed by atoms with Gasteiger partial charge in [0.15, 0.2) is 6.04 Å². The number of phenolic OH excluding ortho intramolecular Hbond substituents is 1. The minimum Gasteiger partial charge on any atom is -0.508 e. The molecule has 1 rings (SSSR count). The third-order valence-electron chi connectivity index (χ3n) is 1.78. The van der Waals surface area contributed by atoms with Crippen molar-refractivity contribution in [1.82, 2.24) is 0 Å². The molecule has 74 valence electrons. The maximum atomic E-state index is 10.6. The van der Waals surface area contributed by atoms with Gasteiger partial charge >= 0.3 is 5.97 Å². The van der Waals surface area contributed by atoms with Crippen LogP contribution in [0, 0.1) is 0 Å². The first-order valence-electron chi connectivity index (χ1n) is 3.96. The summed E-state index contributed by atoms with van der Waals surface area (Å²) in [4.78, 5) is 10.6. The standard InChI is InChI=1S/C9H9NO3S/c11-7-3-1-6(2-4-7)5-8(10-14)9(12)13/h1-4,8,11H,5H2,(H,12,13). The molecule has 0 radical (unpaired) electrons. The fourth-order valence-electron chi connectivity index (χ4n) is 1.02. The molecule has 1 aromatic rings. The Labute approximate surface area is 86.4 Å². The smallest absolute Gasteiger partial charge is 0.329 e. The first-order valence-corrected chi connectivity index (χ1v) is 4.33. The fraction of sp³-hybridized carbons (Fsp3) is 0.222. The van der Waals surface area contributed by atoms with Gasteiger partial charge in [-0.25, -0.2) is 9.16 Å². The summed E-state index contributed by atoms with van der Waals surface area (Å²) in [5.74, 6) is -0.885. The summed E-state index contributed by atoms with van der Waals surface area (Å²) in [5, 5.41) is 17.7. The van der Waals surface area contributed by atoms with Crippen LogP contribution >= 0.6 is 0 Å². The Morgan fingerprint density at radius 3 is 2.43 bits per heavy atom. The van der Waals surface area contributed by atoms with E-state index < -0.39 is 12.0 Å². The van der Waals surface area contributed by atoms with E-state index in [9.17, 15) is 4.79 Å². The van der Waals surface area contributed by atoms with Crippen LogP contribution in [0.25, 0.3) is 0 Å². The number of benzene rings is 1. The molecule has 0 bridgehead atoms. The Balaban J connectivity index is 2.72. The Morgan fingerprint density at radius 2 is 2.00 bits per heavy atom. The maximum Gasteiger partial charge on any atom is 0.329 e. The molecule has 1 atom stereocenters. The number of carbonyl (C=O) groups is 1. The van der Waals surface area contributed by atoms with E-state index in [1.165, 1.54) is 12.1 Å². The van der Waals surface area contributed by atoms with Gasteiger partial charge in [0.25, 0.3) is 0 Å². The number of carboxylic acid groups (broad SMARTS) is 1. The number of nitrogens with zero attached hydrogens (tertiary/aromatic N) is 1. The zero-order chi connectivity index (χ0) is 10.6. The molecular formula is C9H9NO3S. The van der Waals surface area contributed by atoms with Gasteiger partial charge in [-0.3, -0.25) is 0 Å². The zero-order valence-corrected chi connectivity index (χ0v) is 8.07. The van der Waals surface area contributed by atoms with Crippen LogP contribution < -0.4 is 0 Å². The monoisotopic (exact) mass is 211 g/mol. The summed E-state index contributed by atoms with van der Waals surface area (Å²) in [6.45, 7) is 0. The molecule has 2 N–H and O–H groups in total. The lowest BCUT2D eigenvalue weighted by molar-refractivity contribution is -0.138. The summed E-state index contributed by atoms with van der Waals surface area (Å²) in [5.41, 5.74) is 0.781. The van der Waals surface area contributed by atoms with Crippen molar-refractivity contribution in [1.29, 1.82) is 0 Å². The molecule has 1 aromatic carbocycles. The average molecular weight is 211 g/mol. The van der Waals surface area contributed by atoms with Gasteiger partial charge in [-0.1, -0.05) is 12.1 Å². The molecule has 0 fully saturated rings. The molecule has 14 heavy (non-hydrogen) atoms. The predicted octanol–water partition coefficient (Wildman–Crippen LogP) is 1.12. The van der Waals surface area contributed by atoms with E-state index in [4.69, 9.17) is 10.2 Å². The van der Waals surface area contributed by atoms with Crippen molar-refractivity contribution < 1.29 is 15.0 Å². The highest BCUT2D eigenvalue weighted by atomic mass is 32.1. The van der Waals surface area contributed by atoms with Crippen LogP contribution in [0.1, 0.15) is 5.56 Å². The number of carboxylic acids is 1. The van der Waals surface area contributed by atoms with Gasteiger partial charge in [0.1, 0.15) is 5.75 Å². The van der Waals surface area contributed by atoms with Crippen molar-refractivity contribution in [2.45, 2.75) is 12.5 Å². The third-order valence-corrected chi connectivity index (χ3v) is 2.03. The number of hydrogen-bond donors (Lipinski definition) is 2. The van der Waals surface area contributed by atoms with Crippen molar-refractivity contribution in [3.05, 3.63) is 29.8 Å². The van der Waals surface area contributed by atoms with E-state index >= 15 is 0 Å². The molecule has 1 unspecified atom stereocenters. The van der Waals surface area contributed by atoms with Gasteiger partial charge in [0.05, 0.1) is 0 Å².